The lowest BCUT2D eigenvalue weighted by molar-refractivity contribution is 1.67. The van der Waals surface area contributed by atoms with Crippen molar-refractivity contribution in [3.8, 4) is 0 Å². The molecule has 0 amide bonds. The Morgan fingerprint density at radius 3 is 1.83 bits per heavy atom. The highest BCUT2D eigenvalue weighted by molar-refractivity contribution is 7.81. The molecule has 0 aliphatic carbocycles. The second-order valence-corrected chi connectivity index (χ2v) is 1.70. The summed E-state index contributed by atoms with van der Waals surface area (Å²) in [6.07, 6.45) is 0. The lowest BCUT2D eigenvalue weighted by atomic mass is 10.3. The highest BCUT2D eigenvalue weighted by Crippen LogP contribution is 1.87. The molecule has 0 bridgehead atoms. The van der Waals surface area contributed by atoms with Gasteiger partial charge in [0.05, 0.1) is 0 Å². The van der Waals surface area contributed by atoms with Gasteiger partial charge >= 0.3 is 0 Å². The van der Waals surface area contributed by atoms with Crippen LogP contribution in [0.15, 0.2) is 12.2 Å². The molecule has 0 unspecified atom stereocenters. The summed E-state index contributed by atoms with van der Waals surface area (Å²) in [4.78, 5) is 0.648. The molecule has 0 fully saturated rings. The molecule has 0 saturated heterocycles. The predicted molar refractivity (Wildman–Crippen MR) is 32.8 cm³/mol. The van der Waals surface area contributed by atoms with Crippen molar-refractivity contribution in [2.75, 3.05) is 0 Å². The Morgan fingerprint density at radius 1 is 1.67 bits per heavy atom. The molecule has 0 aromatic rings. The van der Waals surface area contributed by atoms with Gasteiger partial charge in [-0.2, -0.15) is 0 Å². The normalized spacial score (nSPS) is 7.67. The summed E-state index contributed by atoms with van der Waals surface area (Å²) in [5, 5.41) is 0. The van der Waals surface area contributed by atoms with Gasteiger partial charge in [-0.15, -0.1) is 0 Å². The number of hydrogen-bond acceptors (Lipinski definition) is 1. The number of rotatable bonds is 1. The monoisotopic (exact) mass is 99.0 g/mol. The quantitative estimate of drug-likeness (QED) is 0.356. The minimum Gasteiger partial charge on any atom is -0.0950 e. The van der Waals surface area contributed by atoms with Crippen LogP contribution in [0.2, 0.25) is 0 Å². The Balaban J connectivity index is 3.57. The first kappa shape index (κ1) is 5.83. The highest BCUT2D eigenvalue weighted by Gasteiger charge is 1.80. The van der Waals surface area contributed by atoms with Crippen LogP contribution in [-0.2, 0) is 0 Å². The summed E-state index contributed by atoms with van der Waals surface area (Å²) in [6.45, 7) is 8.86. The van der Waals surface area contributed by atoms with E-state index in [4.69, 9.17) is 0 Å². The van der Waals surface area contributed by atoms with Gasteiger partial charge in [0.25, 0.3) is 0 Å². The first-order valence-corrected chi connectivity index (χ1v) is 2.07. The van der Waals surface area contributed by atoms with Crippen LogP contribution in [-0.4, -0.2) is 4.86 Å². The molecule has 1 radical (unpaired) electrons. The minimum absolute atomic E-state index is 0.648. The molecule has 6 heavy (non-hydrogen) atoms. The molecule has 0 aromatic heterocycles. The Bertz CT molecular complexity index is 69.9. The summed E-state index contributed by atoms with van der Waals surface area (Å²) in [6, 6.07) is 0. The maximum absolute atomic E-state index is 4.61. The van der Waals surface area contributed by atoms with E-state index >= 15 is 0 Å². The fourth-order valence-corrected chi connectivity index (χ4v) is 0. The number of thiocarbonyl (C=S) groups is 1. The Kier molecular flexibility index (Phi) is 2.03. The van der Waals surface area contributed by atoms with Gasteiger partial charge in [-0.3, -0.25) is 0 Å². The third kappa shape index (κ3) is 2.09. The molecule has 0 aromatic carbocycles. The topological polar surface area (TPSA) is 0 Å². The van der Waals surface area contributed by atoms with Gasteiger partial charge < -0.3 is 0 Å². The fraction of sp³-hybridized carbons (Fsp3) is 0.200. The molecule has 0 nitrogen and oxygen atoms in total. The van der Waals surface area contributed by atoms with E-state index in [2.05, 4.69) is 25.7 Å². The summed E-state index contributed by atoms with van der Waals surface area (Å²) in [7, 11) is 0. The molecular formula is C5H7S. The van der Waals surface area contributed by atoms with Gasteiger partial charge in [0.15, 0.2) is 0 Å². The molecule has 0 heterocycles. The molecule has 0 saturated carbocycles. The Labute approximate surface area is 43.9 Å². The van der Waals surface area contributed by atoms with Crippen molar-refractivity contribution in [2.45, 2.75) is 6.92 Å². The second-order valence-electron chi connectivity index (χ2n) is 1.20. The minimum atomic E-state index is 0.648. The van der Waals surface area contributed by atoms with Gasteiger partial charge in [-0.1, -0.05) is 18.8 Å². The van der Waals surface area contributed by atoms with Crippen LogP contribution in [0.1, 0.15) is 6.92 Å². The van der Waals surface area contributed by atoms with Gasteiger partial charge in [0, 0.05) is 4.86 Å². The van der Waals surface area contributed by atoms with Crippen LogP contribution in [0, 0.1) is 6.92 Å². The van der Waals surface area contributed by atoms with E-state index in [-0.39, 0.29) is 0 Å². The first-order chi connectivity index (χ1) is 2.64. The molecule has 0 aliphatic heterocycles. The van der Waals surface area contributed by atoms with E-state index in [0.29, 0.717) is 4.86 Å². The van der Waals surface area contributed by atoms with E-state index < -0.39 is 0 Å². The average Bonchev–Trinajstić information content (AvgIpc) is 1.36. The zero-order valence-corrected chi connectivity index (χ0v) is 4.64. The molecule has 0 spiro atoms. The molecule has 0 N–H and O–H groups in total. The van der Waals surface area contributed by atoms with Crippen molar-refractivity contribution in [2.24, 2.45) is 0 Å². The molecule has 0 aliphatic rings. The van der Waals surface area contributed by atoms with E-state index in [9.17, 15) is 0 Å². The molecule has 1 heteroatoms. The lowest BCUT2D eigenvalue weighted by Crippen LogP contribution is -1.82. The van der Waals surface area contributed by atoms with Gasteiger partial charge in [0.1, 0.15) is 0 Å². The highest BCUT2D eigenvalue weighted by atomic mass is 32.1. The van der Waals surface area contributed by atoms with Crippen molar-refractivity contribution in [1.29, 1.82) is 0 Å². The summed E-state index contributed by atoms with van der Waals surface area (Å²) in [5.74, 6) is 0. The van der Waals surface area contributed by atoms with Gasteiger partial charge in [-0.25, -0.2) is 0 Å². The maximum Gasteiger partial charge on any atom is 0.0179 e. The predicted octanol–water partition coefficient (Wildman–Crippen LogP) is 1.77. The third-order valence-corrected chi connectivity index (χ3v) is 0.824. The molecule has 0 atom stereocenters. The van der Waals surface area contributed by atoms with E-state index in [1.165, 1.54) is 0 Å². The summed E-state index contributed by atoms with van der Waals surface area (Å²) >= 11 is 4.61. The smallest absolute Gasteiger partial charge is 0.0179 e. The SMILES string of the molecule is [CH2]C(=S)C(=C)C. The lowest BCUT2D eigenvalue weighted by Gasteiger charge is -1.85. The van der Waals surface area contributed by atoms with Gasteiger partial charge in [-0.05, 0) is 19.4 Å². The molecule has 33 valence electrons. The zero-order chi connectivity index (χ0) is 5.15. The number of allylic oxidation sites excluding steroid dienone is 1. The van der Waals surface area contributed by atoms with Crippen LogP contribution >= 0.6 is 12.2 Å². The molecule has 0 rings (SSSR count). The van der Waals surface area contributed by atoms with Crippen molar-refractivity contribution in [3.05, 3.63) is 19.1 Å². The summed E-state index contributed by atoms with van der Waals surface area (Å²) < 4.78 is 0. The Hall–Kier alpha value is -0.170. The van der Waals surface area contributed by atoms with Gasteiger partial charge in [0.2, 0.25) is 0 Å². The van der Waals surface area contributed by atoms with Crippen molar-refractivity contribution < 1.29 is 0 Å². The van der Waals surface area contributed by atoms with Crippen LogP contribution in [0.4, 0.5) is 0 Å². The molecular weight excluding hydrogens is 92.1 g/mol. The second kappa shape index (κ2) is 2.08. The van der Waals surface area contributed by atoms with E-state index in [0.717, 1.165) is 5.57 Å². The Morgan fingerprint density at radius 2 is 1.83 bits per heavy atom. The first-order valence-electron chi connectivity index (χ1n) is 1.66. The average molecular weight is 99.2 g/mol. The van der Waals surface area contributed by atoms with Crippen LogP contribution < -0.4 is 0 Å². The van der Waals surface area contributed by atoms with E-state index in [1.807, 2.05) is 6.92 Å². The maximum atomic E-state index is 4.61. The van der Waals surface area contributed by atoms with Crippen molar-refractivity contribution in [3.63, 3.8) is 0 Å². The number of hydrogen-bond donors (Lipinski definition) is 0. The fourth-order valence-electron chi connectivity index (χ4n) is 0. The van der Waals surface area contributed by atoms with Crippen LogP contribution in [0.25, 0.3) is 0 Å². The van der Waals surface area contributed by atoms with Crippen LogP contribution in [0.3, 0.4) is 0 Å². The zero-order valence-electron chi connectivity index (χ0n) is 3.82. The van der Waals surface area contributed by atoms with Crippen LogP contribution in [0.5, 0.6) is 0 Å². The van der Waals surface area contributed by atoms with E-state index in [1.54, 1.807) is 0 Å². The van der Waals surface area contributed by atoms with Crippen molar-refractivity contribution in [1.82, 2.24) is 0 Å². The summed E-state index contributed by atoms with van der Waals surface area (Å²) in [5.41, 5.74) is 0.880. The largest absolute Gasteiger partial charge is 0.0950 e. The standard InChI is InChI=1S/C5H7S/c1-4(2)5(3)6/h1,3H2,2H3. The third-order valence-electron chi connectivity index (χ3n) is 0.476. The van der Waals surface area contributed by atoms with Crippen molar-refractivity contribution >= 4 is 17.1 Å².